The minimum absolute atomic E-state index is 0.0132. The summed E-state index contributed by atoms with van der Waals surface area (Å²) in [6.45, 7) is 8.60. The predicted octanol–water partition coefficient (Wildman–Crippen LogP) is 3.16. The molecule has 1 aromatic carbocycles. The molecule has 1 aliphatic carbocycles. The van der Waals surface area contributed by atoms with E-state index >= 15 is 0 Å². The number of rotatable bonds is 4. The average molecular weight is 435 g/mol. The fraction of sp³-hybridized carbons (Fsp3) is 0.750. The molecule has 1 saturated carbocycles. The SMILES string of the molecule is CC1(C)O[C@@H]2[C@@H]([C@H]3COC(C)(C)O3)[C@H](C[C@H]3OC(c4ccccc4)OC[C@@H]3O)C[C@@H]2O1. The highest BCUT2D eigenvalue weighted by atomic mass is 16.8. The Morgan fingerprint density at radius 2 is 1.68 bits per heavy atom. The van der Waals surface area contributed by atoms with Gasteiger partial charge in [-0.2, -0.15) is 0 Å². The molecule has 3 heterocycles. The van der Waals surface area contributed by atoms with E-state index in [1.807, 2.05) is 58.0 Å². The van der Waals surface area contributed by atoms with E-state index in [2.05, 4.69) is 0 Å². The number of ether oxygens (including phenoxy) is 6. The second kappa shape index (κ2) is 8.06. The van der Waals surface area contributed by atoms with Crippen molar-refractivity contribution in [1.82, 2.24) is 0 Å². The molecule has 172 valence electrons. The summed E-state index contributed by atoms with van der Waals surface area (Å²) in [5, 5.41) is 10.6. The molecule has 4 aliphatic rings. The van der Waals surface area contributed by atoms with Crippen LogP contribution in [0.1, 0.15) is 52.4 Å². The van der Waals surface area contributed by atoms with Gasteiger partial charge in [0.1, 0.15) is 6.10 Å². The molecule has 3 saturated heterocycles. The Bertz CT molecular complexity index is 766. The van der Waals surface area contributed by atoms with Gasteiger partial charge in [-0.15, -0.1) is 0 Å². The van der Waals surface area contributed by atoms with Crippen molar-refractivity contribution in [2.24, 2.45) is 11.8 Å². The van der Waals surface area contributed by atoms with Crippen LogP contribution in [-0.2, 0) is 28.4 Å². The van der Waals surface area contributed by atoms with Crippen molar-refractivity contribution < 1.29 is 33.5 Å². The highest BCUT2D eigenvalue weighted by molar-refractivity contribution is 5.16. The minimum atomic E-state index is -0.670. The Hall–Kier alpha value is -1.06. The lowest BCUT2D eigenvalue weighted by Gasteiger charge is -2.37. The molecule has 31 heavy (non-hydrogen) atoms. The van der Waals surface area contributed by atoms with Gasteiger partial charge in [-0.05, 0) is 46.5 Å². The maximum atomic E-state index is 10.6. The van der Waals surface area contributed by atoms with Gasteiger partial charge in [0.05, 0.1) is 37.6 Å². The van der Waals surface area contributed by atoms with Crippen LogP contribution in [0.15, 0.2) is 30.3 Å². The van der Waals surface area contributed by atoms with E-state index in [1.165, 1.54) is 0 Å². The van der Waals surface area contributed by atoms with Gasteiger partial charge in [-0.25, -0.2) is 0 Å². The van der Waals surface area contributed by atoms with Crippen LogP contribution in [0.3, 0.4) is 0 Å². The highest BCUT2D eigenvalue weighted by Crippen LogP contribution is 2.50. The summed E-state index contributed by atoms with van der Waals surface area (Å²) in [4.78, 5) is 0. The number of benzene rings is 1. The zero-order valence-electron chi connectivity index (χ0n) is 18.7. The number of hydrogen-bond acceptors (Lipinski definition) is 7. The third-order valence-electron chi connectivity index (χ3n) is 6.89. The second-order valence-corrected chi connectivity index (χ2v) is 10.1. The molecule has 1 N–H and O–H groups in total. The molecule has 7 heteroatoms. The summed E-state index contributed by atoms with van der Waals surface area (Å²) in [5.74, 6) is -0.860. The Labute approximate surface area is 183 Å². The van der Waals surface area contributed by atoms with E-state index in [0.717, 1.165) is 12.0 Å². The largest absolute Gasteiger partial charge is 0.388 e. The van der Waals surface area contributed by atoms with Gasteiger partial charge < -0.3 is 33.5 Å². The zero-order valence-corrected chi connectivity index (χ0v) is 18.7. The van der Waals surface area contributed by atoms with Crippen molar-refractivity contribution in [2.45, 2.75) is 88.9 Å². The average Bonchev–Trinajstić information content (AvgIpc) is 3.32. The van der Waals surface area contributed by atoms with Crippen LogP contribution in [0.25, 0.3) is 0 Å². The van der Waals surface area contributed by atoms with E-state index in [-0.39, 0.29) is 42.9 Å². The van der Waals surface area contributed by atoms with Crippen LogP contribution in [-0.4, -0.2) is 60.4 Å². The smallest absolute Gasteiger partial charge is 0.184 e. The molecule has 0 aromatic heterocycles. The molecule has 0 amide bonds. The zero-order chi connectivity index (χ0) is 21.8. The van der Waals surface area contributed by atoms with Crippen LogP contribution < -0.4 is 0 Å². The highest BCUT2D eigenvalue weighted by Gasteiger charge is 2.58. The van der Waals surface area contributed by atoms with Gasteiger partial charge >= 0.3 is 0 Å². The first-order chi connectivity index (χ1) is 14.7. The molecule has 4 fully saturated rings. The fourth-order valence-corrected chi connectivity index (χ4v) is 5.65. The molecule has 3 aliphatic heterocycles. The van der Waals surface area contributed by atoms with Crippen molar-refractivity contribution in [1.29, 1.82) is 0 Å². The van der Waals surface area contributed by atoms with Crippen molar-refractivity contribution >= 4 is 0 Å². The quantitative estimate of drug-likeness (QED) is 0.780. The van der Waals surface area contributed by atoms with Gasteiger partial charge in [-0.1, -0.05) is 30.3 Å². The second-order valence-electron chi connectivity index (χ2n) is 10.1. The molecular weight excluding hydrogens is 400 g/mol. The van der Waals surface area contributed by atoms with Gasteiger partial charge in [0.15, 0.2) is 17.9 Å². The lowest BCUT2D eigenvalue weighted by molar-refractivity contribution is -0.262. The minimum Gasteiger partial charge on any atom is -0.388 e. The molecule has 8 atom stereocenters. The van der Waals surface area contributed by atoms with Crippen LogP contribution in [0.4, 0.5) is 0 Å². The molecule has 1 aromatic rings. The molecule has 0 spiro atoms. The standard InChI is InChI=1S/C24H34O7/c1-23(2)27-13-19(30-23)20-15(11-18-21(20)31-24(3,4)29-18)10-17-16(25)12-26-22(28-17)14-8-6-5-7-9-14/h5-9,15-22,25H,10-13H2,1-4H3/t15-,16+,17-,18+,19-,20-,21+,22?/m1/s1. The molecule has 0 radical (unpaired) electrons. The summed E-state index contributed by atoms with van der Waals surface area (Å²) in [6, 6.07) is 9.86. The van der Waals surface area contributed by atoms with Crippen LogP contribution in [0.5, 0.6) is 0 Å². The van der Waals surface area contributed by atoms with Gasteiger partial charge in [0.2, 0.25) is 0 Å². The van der Waals surface area contributed by atoms with Gasteiger partial charge in [0.25, 0.3) is 0 Å². The van der Waals surface area contributed by atoms with Crippen LogP contribution >= 0.6 is 0 Å². The summed E-state index contributed by atoms with van der Waals surface area (Å²) < 4.78 is 36.7. The summed E-state index contributed by atoms with van der Waals surface area (Å²) in [7, 11) is 0. The monoisotopic (exact) mass is 434 g/mol. The first-order valence-corrected chi connectivity index (χ1v) is 11.4. The van der Waals surface area contributed by atoms with Crippen LogP contribution in [0, 0.1) is 11.8 Å². The number of aliphatic hydroxyl groups excluding tert-OH is 1. The van der Waals surface area contributed by atoms with E-state index in [0.29, 0.717) is 13.0 Å². The van der Waals surface area contributed by atoms with Crippen molar-refractivity contribution in [3.05, 3.63) is 35.9 Å². The van der Waals surface area contributed by atoms with Crippen molar-refractivity contribution in [3.63, 3.8) is 0 Å². The Morgan fingerprint density at radius 3 is 2.39 bits per heavy atom. The first-order valence-electron chi connectivity index (χ1n) is 11.4. The Morgan fingerprint density at radius 1 is 0.935 bits per heavy atom. The summed E-state index contributed by atoms with van der Waals surface area (Å²) in [6.07, 6.45) is -0.0323. The van der Waals surface area contributed by atoms with E-state index in [1.54, 1.807) is 0 Å². The lowest BCUT2D eigenvalue weighted by Crippen LogP contribution is -2.44. The maximum Gasteiger partial charge on any atom is 0.184 e. The topological polar surface area (TPSA) is 75.6 Å². The van der Waals surface area contributed by atoms with Gasteiger partial charge in [0, 0.05) is 11.5 Å². The summed E-state index contributed by atoms with van der Waals surface area (Å²) >= 11 is 0. The molecule has 1 unspecified atom stereocenters. The third kappa shape index (κ3) is 4.42. The Balaban J connectivity index is 1.33. The van der Waals surface area contributed by atoms with E-state index < -0.39 is 24.0 Å². The summed E-state index contributed by atoms with van der Waals surface area (Å²) in [5.41, 5.74) is 0.960. The third-order valence-corrected chi connectivity index (χ3v) is 6.89. The fourth-order valence-electron chi connectivity index (χ4n) is 5.65. The first kappa shape index (κ1) is 21.8. The van der Waals surface area contributed by atoms with Crippen molar-refractivity contribution in [2.75, 3.05) is 13.2 Å². The van der Waals surface area contributed by atoms with Crippen molar-refractivity contribution in [3.8, 4) is 0 Å². The Kier molecular flexibility index (Phi) is 5.66. The van der Waals surface area contributed by atoms with Gasteiger partial charge in [-0.3, -0.25) is 0 Å². The molecular formula is C24H34O7. The van der Waals surface area contributed by atoms with E-state index in [9.17, 15) is 5.11 Å². The normalized spacial score (nSPS) is 43.8. The molecule has 0 bridgehead atoms. The van der Waals surface area contributed by atoms with E-state index in [4.69, 9.17) is 28.4 Å². The maximum absolute atomic E-state index is 10.6. The molecule has 7 nitrogen and oxygen atoms in total. The number of hydrogen-bond donors (Lipinski definition) is 1. The number of aliphatic hydroxyl groups is 1. The predicted molar refractivity (Wildman–Crippen MR) is 111 cm³/mol. The number of fused-ring (bicyclic) bond motifs is 1. The van der Waals surface area contributed by atoms with Crippen LogP contribution in [0.2, 0.25) is 0 Å². The molecule has 5 rings (SSSR count). The lowest BCUT2D eigenvalue weighted by atomic mass is 9.84.